The Bertz CT molecular complexity index is 672. The zero-order chi connectivity index (χ0) is 15.4. The minimum Gasteiger partial charge on any atom is -0.324 e. The normalized spacial score (nSPS) is 16.9. The predicted molar refractivity (Wildman–Crippen MR) is 92.9 cm³/mol. The molecular formula is C18H19BrN2O. The smallest absolute Gasteiger partial charge is 0.238 e. The molecule has 0 unspecified atom stereocenters. The molecule has 0 fully saturated rings. The zero-order valence-corrected chi connectivity index (χ0v) is 13.9. The van der Waals surface area contributed by atoms with Gasteiger partial charge in [-0.25, -0.2) is 0 Å². The third-order valence-corrected chi connectivity index (χ3v) is 4.72. The van der Waals surface area contributed by atoms with Gasteiger partial charge in [-0.05, 0) is 58.5 Å². The third kappa shape index (κ3) is 3.57. The Kier molecular flexibility index (Phi) is 4.90. The lowest BCUT2D eigenvalue weighted by molar-refractivity contribution is -0.115. The number of hydrogen-bond donors (Lipinski definition) is 2. The Hall–Kier alpha value is -1.65. The van der Waals surface area contributed by atoms with Crippen LogP contribution in [-0.2, 0) is 11.2 Å². The fraction of sp³-hybridized carbons (Fsp3) is 0.278. The van der Waals surface area contributed by atoms with Gasteiger partial charge in [0.1, 0.15) is 0 Å². The first-order chi connectivity index (χ1) is 10.7. The van der Waals surface area contributed by atoms with Crippen LogP contribution in [0.1, 0.15) is 30.0 Å². The van der Waals surface area contributed by atoms with E-state index in [1.165, 1.54) is 17.5 Å². The fourth-order valence-corrected chi connectivity index (χ4v) is 3.32. The monoisotopic (exact) mass is 358 g/mol. The summed E-state index contributed by atoms with van der Waals surface area (Å²) in [6.45, 7) is 0.320. The van der Waals surface area contributed by atoms with Crippen molar-refractivity contribution in [3.63, 3.8) is 0 Å². The molecule has 2 aromatic rings. The zero-order valence-electron chi connectivity index (χ0n) is 12.3. The van der Waals surface area contributed by atoms with Crippen molar-refractivity contribution in [2.45, 2.75) is 25.3 Å². The second kappa shape index (κ2) is 7.07. The maximum atomic E-state index is 12.1. The number of carbonyl (C=O) groups is 1. The average molecular weight is 359 g/mol. The quantitative estimate of drug-likeness (QED) is 0.865. The number of amides is 1. The molecule has 22 heavy (non-hydrogen) atoms. The van der Waals surface area contributed by atoms with Crippen LogP contribution in [0, 0.1) is 0 Å². The maximum absolute atomic E-state index is 12.1. The number of nitrogens with one attached hydrogen (secondary N) is 2. The highest BCUT2D eigenvalue weighted by Crippen LogP contribution is 2.29. The number of hydrogen-bond acceptors (Lipinski definition) is 2. The molecule has 0 aromatic heterocycles. The number of aryl methyl sites for hydroxylation is 1. The van der Waals surface area contributed by atoms with E-state index in [1.807, 2.05) is 24.3 Å². The Morgan fingerprint density at radius 3 is 2.77 bits per heavy atom. The molecule has 2 aromatic carbocycles. The van der Waals surface area contributed by atoms with E-state index < -0.39 is 0 Å². The standard InChI is InChI=1S/C18H19BrN2O/c19-15-9-3-4-10-17(15)21-18(22)12-20-16-11-5-7-13-6-1-2-8-14(13)16/h1-4,6,8-10,16,20H,5,7,11-12H2,(H,21,22)/t16-/m0/s1. The molecule has 3 rings (SSSR count). The van der Waals surface area contributed by atoms with Crippen molar-refractivity contribution in [1.82, 2.24) is 5.32 Å². The van der Waals surface area contributed by atoms with Gasteiger partial charge >= 0.3 is 0 Å². The average Bonchev–Trinajstić information content (AvgIpc) is 2.55. The van der Waals surface area contributed by atoms with Crippen molar-refractivity contribution in [3.05, 3.63) is 64.1 Å². The molecule has 1 amide bonds. The molecule has 3 nitrogen and oxygen atoms in total. The van der Waals surface area contributed by atoms with E-state index in [0.717, 1.165) is 23.0 Å². The van der Waals surface area contributed by atoms with Gasteiger partial charge in [-0.15, -0.1) is 0 Å². The van der Waals surface area contributed by atoms with Crippen LogP contribution >= 0.6 is 15.9 Å². The molecular weight excluding hydrogens is 340 g/mol. The van der Waals surface area contributed by atoms with E-state index in [-0.39, 0.29) is 11.9 Å². The van der Waals surface area contributed by atoms with Crippen molar-refractivity contribution in [2.24, 2.45) is 0 Å². The van der Waals surface area contributed by atoms with Crippen molar-refractivity contribution in [3.8, 4) is 0 Å². The summed E-state index contributed by atoms with van der Waals surface area (Å²) in [5.41, 5.74) is 3.54. The highest BCUT2D eigenvalue weighted by Gasteiger charge is 2.19. The van der Waals surface area contributed by atoms with Crippen LogP contribution in [-0.4, -0.2) is 12.5 Å². The molecule has 1 aliphatic rings. The first-order valence-electron chi connectivity index (χ1n) is 7.59. The number of carbonyl (C=O) groups excluding carboxylic acids is 1. The van der Waals surface area contributed by atoms with Gasteiger partial charge < -0.3 is 10.6 Å². The Morgan fingerprint density at radius 1 is 1.14 bits per heavy atom. The van der Waals surface area contributed by atoms with Crippen molar-refractivity contribution >= 4 is 27.5 Å². The largest absolute Gasteiger partial charge is 0.324 e. The molecule has 0 radical (unpaired) electrons. The molecule has 114 valence electrons. The van der Waals surface area contributed by atoms with Crippen LogP contribution in [0.3, 0.4) is 0 Å². The summed E-state index contributed by atoms with van der Waals surface area (Å²) < 4.78 is 0.895. The van der Waals surface area contributed by atoms with Crippen LogP contribution in [0.4, 0.5) is 5.69 Å². The van der Waals surface area contributed by atoms with Gasteiger partial charge in [0.25, 0.3) is 0 Å². The summed E-state index contributed by atoms with van der Waals surface area (Å²) in [7, 11) is 0. The highest BCUT2D eigenvalue weighted by atomic mass is 79.9. The van der Waals surface area contributed by atoms with Crippen LogP contribution in [0.2, 0.25) is 0 Å². The Labute approximate surface area is 139 Å². The summed E-state index contributed by atoms with van der Waals surface area (Å²) in [5.74, 6) is -0.0186. The van der Waals surface area contributed by atoms with Crippen LogP contribution in [0.5, 0.6) is 0 Å². The summed E-state index contributed by atoms with van der Waals surface area (Å²) in [6.07, 6.45) is 3.39. The molecule has 0 bridgehead atoms. The topological polar surface area (TPSA) is 41.1 Å². The molecule has 1 atom stereocenters. The molecule has 0 saturated carbocycles. The Morgan fingerprint density at radius 2 is 1.91 bits per heavy atom. The van der Waals surface area contributed by atoms with Gasteiger partial charge in [-0.1, -0.05) is 36.4 Å². The van der Waals surface area contributed by atoms with E-state index in [9.17, 15) is 4.79 Å². The van der Waals surface area contributed by atoms with Gasteiger partial charge in [0.2, 0.25) is 5.91 Å². The van der Waals surface area contributed by atoms with E-state index in [4.69, 9.17) is 0 Å². The van der Waals surface area contributed by atoms with E-state index in [2.05, 4.69) is 50.8 Å². The maximum Gasteiger partial charge on any atom is 0.238 e. The van der Waals surface area contributed by atoms with Crippen LogP contribution in [0.25, 0.3) is 0 Å². The Balaban J connectivity index is 1.59. The number of benzene rings is 2. The molecule has 0 heterocycles. The van der Waals surface area contributed by atoms with Crippen molar-refractivity contribution in [1.29, 1.82) is 0 Å². The second-order valence-corrected chi connectivity index (χ2v) is 6.41. The van der Waals surface area contributed by atoms with Gasteiger partial charge in [0, 0.05) is 10.5 Å². The first-order valence-corrected chi connectivity index (χ1v) is 8.39. The lowest BCUT2D eigenvalue weighted by atomic mass is 9.88. The van der Waals surface area contributed by atoms with E-state index in [0.29, 0.717) is 6.54 Å². The van der Waals surface area contributed by atoms with E-state index >= 15 is 0 Å². The van der Waals surface area contributed by atoms with Crippen LogP contribution in [0.15, 0.2) is 53.0 Å². The summed E-state index contributed by atoms with van der Waals surface area (Å²) >= 11 is 3.44. The molecule has 0 aliphatic heterocycles. The van der Waals surface area contributed by atoms with Gasteiger partial charge in [-0.3, -0.25) is 4.79 Å². The fourth-order valence-electron chi connectivity index (χ4n) is 2.94. The number of para-hydroxylation sites is 1. The first kappa shape index (κ1) is 15.3. The van der Waals surface area contributed by atoms with Gasteiger partial charge in [-0.2, -0.15) is 0 Å². The molecule has 2 N–H and O–H groups in total. The molecule has 4 heteroatoms. The number of anilines is 1. The summed E-state index contributed by atoms with van der Waals surface area (Å²) in [4.78, 5) is 12.1. The minimum absolute atomic E-state index is 0.0186. The molecule has 0 spiro atoms. The number of halogens is 1. The lowest BCUT2D eigenvalue weighted by Gasteiger charge is -2.26. The number of rotatable bonds is 4. The SMILES string of the molecule is O=C(CN[C@H]1CCCc2ccccc21)Nc1ccccc1Br. The number of fused-ring (bicyclic) bond motifs is 1. The second-order valence-electron chi connectivity index (χ2n) is 5.55. The minimum atomic E-state index is -0.0186. The molecule has 1 aliphatic carbocycles. The third-order valence-electron chi connectivity index (χ3n) is 4.03. The van der Waals surface area contributed by atoms with Gasteiger partial charge in [0.15, 0.2) is 0 Å². The lowest BCUT2D eigenvalue weighted by Crippen LogP contribution is -2.33. The van der Waals surface area contributed by atoms with Gasteiger partial charge in [0.05, 0.1) is 12.2 Å². The molecule has 0 saturated heterocycles. The van der Waals surface area contributed by atoms with E-state index in [1.54, 1.807) is 0 Å². The summed E-state index contributed by atoms with van der Waals surface area (Å²) in [5, 5.41) is 6.32. The van der Waals surface area contributed by atoms with Crippen molar-refractivity contribution in [2.75, 3.05) is 11.9 Å². The van der Waals surface area contributed by atoms with Crippen molar-refractivity contribution < 1.29 is 4.79 Å². The summed E-state index contributed by atoms with van der Waals surface area (Å²) in [6, 6.07) is 16.4. The highest BCUT2D eigenvalue weighted by molar-refractivity contribution is 9.10. The van der Waals surface area contributed by atoms with Crippen LogP contribution < -0.4 is 10.6 Å². The predicted octanol–water partition coefficient (Wildman–Crippen LogP) is 4.05.